The number of ether oxygens (including phenoxy) is 1. The second-order valence-electron chi connectivity index (χ2n) is 1.33. The average molecular weight is 157 g/mol. The van der Waals surface area contributed by atoms with E-state index in [1.807, 2.05) is 5.40 Å². The van der Waals surface area contributed by atoms with Gasteiger partial charge in [-0.1, -0.05) is 6.08 Å². The summed E-state index contributed by atoms with van der Waals surface area (Å²) in [6, 6.07) is 0. The number of carbonyl (C=O) groups excluding carboxylic acids is 1. The van der Waals surface area contributed by atoms with Crippen molar-refractivity contribution in [2.45, 2.75) is 0 Å². The van der Waals surface area contributed by atoms with Crippen LogP contribution in [-0.4, -0.2) is 18.8 Å². The van der Waals surface area contributed by atoms with Gasteiger partial charge in [-0.05, 0) is 11.8 Å². The van der Waals surface area contributed by atoms with Gasteiger partial charge in [0.05, 0.1) is 7.11 Å². The number of thioether (sulfide) groups is 1. The van der Waals surface area contributed by atoms with Crippen molar-refractivity contribution in [2.24, 2.45) is 0 Å². The molecule has 0 radical (unpaired) electrons. The topological polar surface area (TPSA) is 50.1 Å². The van der Waals surface area contributed by atoms with Crippen LogP contribution in [0.4, 0.5) is 0 Å². The van der Waals surface area contributed by atoms with E-state index in [1.54, 1.807) is 6.08 Å². The Kier molecular flexibility index (Phi) is 5.59. The van der Waals surface area contributed by atoms with Crippen LogP contribution in [0.5, 0.6) is 0 Å². The highest BCUT2D eigenvalue weighted by atomic mass is 32.2. The van der Waals surface area contributed by atoms with Crippen molar-refractivity contribution in [3.8, 4) is 5.40 Å². The maximum absolute atomic E-state index is 10.4. The largest absolute Gasteiger partial charge is 0.466 e. The lowest BCUT2D eigenvalue weighted by Gasteiger charge is -1.86. The van der Waals surface area contributed by atoms with Gasteiger partial charge in [0.2, 0.25) is 0 Å². The van der Waals surface area contributed by atoms with E-state index >= 15 is 0 Å². The van der Waals surface area contributed by atoms with E-state index in [-0.39, 0.29) is 0 Å². The van der Waals surface area contributed by atoms with Gasteiger partial charge in [-0.25, -0.2) is 4.79 Å². The van der Waals surface area contributed by atoms with Crippen molar-refractivity contribution in [1.29, 1.82) is 5.26 Å². The van der Waals surface area contributed by atoms with E-state index < -0.39 is 5.97 Å². The Morgan fingerprint density at radius 3 is 3.10 bits per heavy atom. The highest BCUT2D eigenvalue weighted by Gasteiger charge is 1.88. The second-order valence-corrected chi connectivity index (χ2v) is 2.13. The number of nitrogens with zero attached hydrogens (tertiary/aromatic N) is 1. The highest BCUT2D eigenvalue weighted by molar-refractivity contribution is 8.03. The number of carbonyl (C=O) groups is 1. The first-order valence-corrected chi connectivity index (χ1v) is 3.55. The van der Waals surface area contributed by atoms with Gasteiger partial charge in [0.1, 0.15) is 5.40 Å². The number of methoxy groups -OCH3 is 1. The van der Waals surface area contributed by atoms with Crippen molar-refractivity contribution >= 4 is 17.7 Å². The quantitative estimate of drug-likeness (QED) is 0.264. The highest BCUT2D eigenvalue weighted by Crippen LogP contribution is 1.94. The lowest BCUT2D eigenvalue weighted by atomic mass is 10.5. The molecule has 0 N–H and O–H groups in total. The molecule has 0 bridgehead atoms. The molecule has 0 aliphatic heterocycles. The minimum absolute atomic E-state index is 0.390. The monoisotopic (exact) mass is 157 g/mol. The second kappa shape index (κ2) is 6.17. The van der Waals surface area contributed by atoms with Crippen molar-refractivity contribution in [1.82, 2.24) is 0 Å². The predicted molar refractivity (Wildman–Crippen MR) is 39.2 cm³/mol. The van der Waals surface area contributed by atoms with Crippen LogP contribution in [0.3, 0.4) is 0 Å². The summed E-state index contributed by atoms with van der Waals surface area (Å²) in [5, 5.41) is 9.92. The van der Waals surface area contributed by atoms with Crippen molar-refractivity contribution in [2.75, 3.05) is 12.9 Å². The van der Waals surface area contributed by atoms with E-state index in [0.29, 0.717) is 5.75 Å². The lowest BCUT2D eigenvalue weighted by Crippen LogP contribution is -1.93. The molecule has 54 valence electrons. The fourth-order valence-electron chi connectivity index (χ4n) is 0.298. The Bertz CT molecular complexity index is 171. The first-order valence-electron chi connectivity index (χ1n) is 2.56. The average Bonchev–Trinajstić information content (AvgIpc) is 1.98. The first-order chi connectivity index (χ1) is 4.81. The molecule has 0 saturated carbocycles. The van der Waals surface area contributed by atoms with Crippen LogP contribution in [0.15, 0.2) is 12.2 Å². The van der Waals surface area contributed by atoms with Crippen LogP contribution in [0.2, 0.25) is 0 Å². The Balaban J connectivity index is 3.38. The van der Waals surface area contributed by atoms with Gasteiger partial charge in [0.25, 0.3) is 0 Å². The summed E-state index contributed by atoms with van der Waals surface area (Å²) >= 11 is 1.07. The molecule has 0 heterocycles. The van der Waals surface area contributed by atoms with Gasteiger partial charge in [0.15, 0.2) is 0 Å². The number of hydrogen-bond acceptors (Lipinski definition) is 4. The third-order valence-electron chi connectivity index (χ3n) is 0.699. The Hall–Kier alpha value is -0.950. The zero-order chi connectivity index (χ0) is 7.82. The Morgan fingerprint density at radius 2 is 2.60 bits per heavy atom. The number of rotatable bonds is 3. The van der Waals surface area contributed by atoms with Crippen molar-refractivity contribution < 1.29 is 9.53 Å². The minimum atomic E-state index is -0.390. The molecule has 0 aromatic heterocycles. The number of hydrogen-bond donors (Lipinski definition) is 0. The summed E-state index contributed by atoms with van der Waals surface area (Å²) in [5.74, 6) is 0.129. The van der Waals surface area contributed by atoms with Gasteiger partial charge >= 0.3 is 5.97 Å². The van der Waals surface area contributed by atoms with Crippen LogP contribution in [0.25, 0.3) is 0 Å². The fraction of sp³-hybridized carbons (Fsp3) is 0.333. The molecule has 0 aliphatic rings. The molecule has 0 unspecified atom stereocenters. The molecule has 4 heteroatoms. The molecule has 0 aromatic carbocycles. The normalized spacial score (nSPS) is 9.20. The summed E-state index contributed by atoms with van der Waals surface area (Å²) in [6.45, 7) is 0. The van der Waals surface area contributed by atoms with Gasteiger partial charge in [-0.3, -0.25) is 0 Å². The van der Waals surface area contributed by atoms with Crippen LogP contribution < -0.4 is 0 Å². The van der Waals surface area contributed by atoms with Gasteiger partial charge in [0, 0.05) is 11.8 Å². The molecule has 0 rings (SSSR count). The molecule has 0 saturated heterocycles. The van der Waals surface area contributed by atoms with Crippen molar-refractivity contribution in [3.05, 3.63) is 12.2 Å². The maximum Gasteiger partial charge on any atom is 0.330 e. The van der Waals surface area contributed by atoms with E-state index in [4.69, 9.17) is 5.26 Å². The molecule has 0 spiro atoms. The molecular formula is C6H7NO2S. The van der Waals surface area contributed by atoms with Crippen molar-refractivity contribution in [3.63, 3.8) is 0 Å². The zero-order valence-electron chi connectivity index (χ0n) is 5.53. The smallest absolute Gasteiger partial charge is 0.330 e. The number of thiocyanates is 1. The van der Waals surface area contributed by atoms with E-state index in [1.165, 1.54) is 13.2 Å². The lowest BCUT2D eigenvalue weighted by molar-refractivity contribution is -0.134. The molecule has 0 aromatic rings. The van der Waals surface area contributed by atoms with Gasteiger partial charge in [-0.2, -0.15) is 5.26 Å². The summed E-state index contributed by atoms with van der Waals surface area (Å²) in [4.78, 5) is 10.4. The predicted octanol–water partition coefficient (Wildman–Crippen LogP) is 0.930. The summed E-state index contributed by atoms with van der Waals surface area (Å²) in [7, 11) is 1.31. The number of nitriles is 1. The molecule has 0 atom stereocenters. The van der Waals surface area contributed by atoms with Crippen LogP contribution in [0, 0.1) is 10.7 Å². The standard InChI is InChI=1S/C6H7NO2S/c1-9-6(8)3-2-4-10-5-7/h2-3H,4H2,1H3/b3-2+. The molecule has 0 aliphatic carbocycles. The zero-order valence-corrected chi connectivity index (χ0v) is 6.35. The summed E-state index contributed by atoms with van der Waals surface area (Å²) in [6.07, 6.45) is 2.88. The molecule has 10 heavy (non-hydrogen) atoms. The maximum atomic E-state index is 10.4. The fourth-order valence-corrected chi connectivity index (χ4v) is 0.565. The van der Waals surface area contributed by atoms with E-state index in [9.17, 15) is 4.79 Å². The van der Waals surface area contributed by atoms with Gasteiger partial charge in [-0.15, -0.1) is 0 Å². The van der Waals surface area contributed by atoms with Crippen LogP contribution >= 0.6 is 11.8 Å². The summed E-state index contributed by atoms with van der Waals surface area (Å²) < 4.78 is 4.31. The number of esters is 1. The van der Waals surface area contributed by atoms with E-state index in [0.717, 1.165) is 11.8 Å². The Morgan fingerprint density at radius 1 is 1.90 bits per heavy atom. The SMILES string of the molecule is COC(=O)/C=C/CSC#N. The molecule has 3 nitrogen and oxygen atoms in total. The third kappa shape index (κ3) is 5.19. The van der Waals surface area contributed by atoms with Crippen LogP contribution in [0.1, 0.15) is 0 Å². The van der Waals surface area contributed by atoms with Crippen LogP contribution in [-0.2, 0) is 9.53 Å². The third-order valence-corrected chi connectivity index (χ3v) is 1.19. The molecular weight excluding hydrogens is 150 g/mol. The summed E-state index contributed by atoms with van der Waals surface area (Å²) in [5.41, 5.74) is 0. The molecule has 0 fully saturated rings. The van der Waals surface area contributed by atoms with E-state index in [2.05, 4.69) is 4.74 Å². The van der Waals surface area contributed by atoms with Gasteiger partial charge < -0.3 is 4.74 Å². The Labute approximate surface area is 63.7 Å². The minimum Gasteiger partial charge on any atom is -0.466 e. The molecule has 0 amide bonds. The first kappa shape index (κ1) is 9.05.